The molecule has 0 aliphatic carbocycles. The minimum atomic E-state index is -0.793. The predicted octanol–water partition coefficient (Wildman–Crippen LogP) is 8.52. The third-order valence-corrected chi connectivity index (χ3v) is 7.27. The molecule has 0 saturated carbocycles. The summed E-state index contributed by atoms with van der Waals surface area (Å²) in [7, 11) is 0. The van der Waals surface area contributed by atoms with Crippen LogP contribution in [0.1, 0.15) is 71.1 Å². The first kappa shape index (κ1) is 21.7. The van der Waals surface area contributed by atoms with Crippen LogP contribution in [0.2, 0.25) is 0 Å². The Morgan fingerprint density at radius 1 is 0.697 bits per heavy atom. The van der Waals surface area contributed by atoms with Crippen LogP contribution in [0.3, 0.4) is 0 Å². The van der Waals surface area contributed by atoms with Gasteiger partial charge in [0.25, 0.3) is 0 Å². The minimum absolute atomic E-state index is 0.0242. The van der Waals surface area contributed by atoms with E-state index in [-0.39, 0.29) is 10.8 Å². The van der Waals surface area contributed by atoms with Crippen LogP contribution in [-0.2, 0) is 15.6 Å². The third-order valence-electron chi connectivity index (χ3n) is 7.27. The summed E-state index contributed by atoms with van der Waals surface area (Å²) in [5.74, 6) is -1.35. The first-order valence-electron chi connectivity index (χ1n) is 11.8. The average Bonchev–Trinajstić information content (AvgIpc) is 2.74. The quantitative estimate of drug-likeness (QED) is 0.222. The van der Waals surface area contributed by atoms with Crippen molar-refractivity contribution < 1.29 is 9.90 Å². The standard InChI is InChI=1S/C31H32O2/c1-17(29(32)33)21-11-12-24-26-16-20(31(5,6)7)14-18-13-19(30(2,3)4)15-25(27(18)26)23-10-8-9-22(21)28(23)24/h8-17H,1-7H3,(H,32,33). The van der Waals surface area contributed by atoms with Gasteiger partial charge in [0.15, 0.2) is 0 Å². The van der Waals surface area contributed by atoms with E-state index in [2.05, 4.69) is 90.1 Å². The van der Waals surface area contributed by atoms with Gasteiger partial charge in [0.2, 0.25) is 0 Å². The monoisotopic (exact) mass is 436 g/mol. The molecule has 0 spiro atoms. The van der Waals surface area contributed by atoms with Gasteiger partial charge in [0.05, 0.1) is 5.92 Å². The van der Waals surface area contributed by atoms with Crippen molar-refractivity contribution in [1.82, 2.24) is 0 Å². The van der Waals surface area contributed by atoms with E-state index >= 15 is 0 Å². The largest absolute Gasteiger partial charge is 0.481 e. The SMILES string of the molecule is CC(C(=O)O)c1ccc2c3cc(C(C)(C)C)cc4cc(C(C)(C)C)cc(c5cccc1c52)c43. The van der Waals surface area contributed by atoms with E-state index in [0.29, 0.717) is 0 Å². The van der Waals surface area contributed by atoms with Gasteiger partial charge in [-0.25, -0.2) is 0 Å². The fraction of sp³-hybridized carbons (Fsp3) is 0.323. The topological polar surface area (TPSA) is 37.3 Å². The maximum atomic E-state index is 11.9. The average molecular weight is 437 g/mol. The Labute approximate surface area is 195 Å². The van der Waals surface area contributed by atoms with Gasteiger partial charge in [-0.15, -0.1) is 0 Å². The molecule has 0 aromatic heterocycles. The summed E-state index contributed by atoms with van der Waals surface area (Å²) < 4.78 is 0. The van der Waals surface area contributed by atoms with Crippen molar-refractivity contribution in [1.29, 1.82) is 0 Å². The van der Waals surface area contributed by atoms with Crippen LogP contribution in [0.5, 0.6) is 0 Å². The normalized spacial score (nSPS) is 14.0. The number of hydrogen-bond donors (Lipinski definition) is 1. The highest BCUT2D eigenvalue weighted by molar-refractivity contribution is 6.33. The Hall–Kier alpha value is -3.13. The highest BCUT2D eigenvalue weighted by atomic mass is 16.4. The second kappa shape index (κ2) is 6.93. The molecule has 0 fully saturated rings. The first-order chi connectivity index (χ1) is 15.4. The van der Waals surface area contributed by atoms with Gasteiger partial charge < -0.3 is 5.11 Å². The van der Waals surface area contributed by atoms with E-state index in [0.717, 1.165) is 10.9 Å². The Kier molecular flexibility index (Phi) is 4.56. The van der Waals surface area contributed by atoms with Crippen LogP contribution < -0.4 is 0 Å². The van der Waals surface area contributed by atoms with Crippen LogP contribution in [0.25, 0.3) is 43.1 Å². The molecule has 0 bridgehead atoms. The van der Waals surface area contributed by atoms with Gasteiger partial charge in [-0.3, -0.25) is 4.79 Å². The lowest BCUT2D eigenvalue weighted by atomic mass is 9.78. The highest BCUT2D eigenvalue weighted by Crippen LogP contribution is 2.45. The van der Waals surface area contributed by atoms with Gasteiger partial charge in [-0.2, -0.15) is 0 Å². The van der Waals surface area contributed by atoms with Gasteiger partial charge in [-0.05, 0) is 89.7 Å². The Balaban J connectivity index is 2.07. The molecule has 0 amide bonds. The van der Waals surface area contributed by atoms with E-state index in [9.17, 15) is 9.90 Å². The van der Waals surface area contributed by atoms with Gasteiger partial charge in [0.1, 0.15) is 0 Å². The van der Waals surface area contributed by atoms with E-state index in [1.165, 1.54) is 48.8 Å². The van der Waals surface area contributed by atoms with Crippen molar-refractivity contribution in [3.05, 3.63) is 71.3 Å². The second-order valence-corrected chi connectivity index (χ2v) is 11.6. The van der Waals surface area contributed by atoms with Gasteiger partial charge in [0, 0.05) is 0 Å². The van der Waals surface area contributed by atoms with Crippen molar-refractivity contribution in [2.75, 3.05) is 0 Å². The molecule has 0 aliphatic rings. The third kappa shape index (κ3) is 3.27. The molecular weight excluding hydrogens is 404 g/mol. The maximum absolute atomic E-state index is 11.9. The molecular formula is C31H32O2. The van der Waals surface area contributed by atoms with Crippen LogP contribution in [0.15, 0.2) is 54.6 Å². The highest BCUT2D eigenvalue weighted by Gasteiger charge is 2.24. The molecule has 33 heavy (non-hydrogen) atoms. The number of fused-ring (bicyclic) bond motifs is 2. The Morgan fingerprint density at radius 3 is 1.73 bits per heavy atom. The molecule has 5 rings (SSSR count). The van der Waals surface area contributed by atoms with E-state index in [1.807, 2.05) is 6.07 Å². The molecule has 5 aromatic carbocycles. The number of benzene rings is 5. The molecule has 2 heteroatoms. The molecule has 1 unspecified atom stereocenters. The molecule has 2 nitrogen and oxygen atoms in total. The molecule has 0 radical (unpaired) electrons. The zero-order valence-corrected chi connectivity index (χ0v) is 20.6. The molecule has 0 heterocycles. The van der Waals surface area contributed by atoms with Crippen molar-refractivity contribution in [3.8, 4) is 0 Å². The van der Waals surface area contributed by atoms with Crippen molar-refractivity contribution in [2.45, 2.75) is 65.2 Å². The number of hydrogen-bond acceptors (Lipinski definition) is 1. The summed E-state index contributed by atoms with van der Waals surface area (Å²) >= 11 is 0. The summed E-state index contributed by atoms with van der Waals surface area (Å²) in [6.45, 7) is 15.4. The van der Waals surface area contributed by atoms with Crippen molar-refractivity contribution in [3.63, 3.8) is 0 Å². The number of carboxylic acid groups (broad SMARTS) is 1. The number of carbonyl (C=O) groups is 1. The fourth-order valence-electron chi connectivity index (χ4n) is 5.20. The number of carboxylic acids is 1. The smallest absolute Gasteiger partial charge is 0.310 e. The van der Waals surface area contributed by atoms with Crippen LogP contribution in [0.4, 0.5) is 0 Å². The summed E-state index contributed by atoms with van der Waals surface area (Å²) in [6, 6.07) is 20.0. The predicted molar refractivity (Wildman–Crippen MR) is 141 cm³/mol. The first-order valence-corrected chi connectivity index (χ1v) is 11.8. The van der Waals surface area contributed by atoms with E-state index in [4.69, 9.17) is 0 Å². The van der Waals surface area contributed by atoms with Crippen molar-refractivity contribution in [2.24, 2.45) is 0 Å². The molecule has 0 saturated heterocycles. The van der Waals surface area contributed by atoms with Crippen LogP contribution in [0, 0.1) is 0 Å². The fourth-order valence-corrected chi connectivity index (χ4v) is 5.20. The number of aliphatic carboxylic acids is 1. The Morgan fingerprint density at radius 2 is 1.21 bits per heavy atom. The molecule has 168 valence electrons. The van der Waals surface area contributed by atoms with E-state index in [1.54, 1.807) is 6.92 Å². The zero-order chi connectivity index (χ0) is 23.9. The van der Waals surface area contributed by atoms with Crippen LogP contribution in [-0.4, -0.2) is 11.1 Å². The maximum Gasteiger partial charge on any atom is 0.310 e. The summed E-state index contributed by atoms with van der Waals surface area (Å²) in [5.41, 5.74) is 3.56. The molecule has 1 N–H and O–H groups in total. The van der Waals surface area contributed by atoms with Crippen molar-refractivity contribution >= 4 is 49.1 Å². The van der Waals surface area contributed by atoms with Gasteiger partial charge in [-0.1, -0.05) is 84.0 Å². The lowest BCUT2D eigenvalue weighted by Gasteiger charge is -2.25. The molecule has 0 aliphatic heterocycles. The van der Waals surface area contributed by atoms with Gasteiger partial charge >= 0.3 is 5.97 Å². The summed E-state index contributed by atoms with van der Waals surface area (Å²) in [5, 5.41) is 19.5. The van der Waals surface area contributed by atoms with Crippen LogP contribution >= 0.6 is 0 Å². The summed E-state index contributed by atoms with van der Waals surface area (Å²) in [6.07, 6.45) is 0. The minimum Gasteiger partial charge on any atom is -0.481 e. The second-order valence-electron chi connectivity index (χ2n) is 11.6. The molecule has 1 atom stereocenters. The van der Waals surface area contributed by atoms with E-state index < -0.39 is 11.9 Å². The molecule has 5 aromatic rings. The summed E-state index contributed by atoms with van der Waals surface area (Å²) in [4.78, 5) is 11.9. The zero-order valence-electron chi connectivity index (χ0n) is 20.6. The lowest BCUT2D eigenvalue weighted by Crippen LogP contribution is -2.13. The number of rotatable bonds is 2. The Bertz CT molecular complexity index is 1490. The lowest BCUT2D eigenvalue weighted by molar-refractivity contribution is -0.138.